The molecular formula is C33H31N5O6S2. The number of ether oxygens (including phenoxy) is 1. The van der Waals surface area contributed by atoms with Crippen LogP contribution in [0.2, 0.25) is 0 Å². The first-order valence-corrected chi connectivity index (χ1v) is 17.9. The van der Waals surface area contributed by atoms with Gasteiger partial charge in [-0.1, -0.05) is 18.2 Å². The molecular weight excluding hydrogens is 627 g/mol. The monoisotopic (exact) mass is 657 g/mol. The third kappa shape index (κ3) is 5.08. The number of piperazine rings is 1. The number of pyridine rings is 1. The second kappa shape index (κ2) is 11.9. The van der Waals surface area contributed by atoms with Crippen LogP contribution in [0.3, 0.4) is 0 Å². The molecule has 4 aromatic rings. The van der Waals surface area contributed by atoms with Crippen molar-refractivity contribution in [2.24, 2.45) is 0 Å². The van der Waals surface area contributed by atoms with E-state index in [2.05, 4.69) is 16.0 Å². The van der Waals surface area contributed by atoms with Crippen molar-refractivity contribution in [3.05, 3.63) is 108 Å². The number of amides is 1. The maximum Gasteiger partial charge on any atom is 0.271 e. The molecule has 6 rings (SSSR count). The molecule has 0 aliphatic carbocycles. The van der Waals surface area contributed by atoms with Crippen molar-refractivity contribution in [1.29, 1.82) is 5.26 Å². The first kappa shape index (κ1) is 31.2. The van der Waals surface area contributed by atoms with Gasteiger partial charge < -0.3 is 9.64 Å². The van der Waals surface area contributed by atoms with E-state index in [1.165, 1.54) is 36.4 Å². The molecule has 0 N–H and O–H groups in total. The molecule has 1 unspecified atom stereocenters. The van der Waals surface area contributed by atoms with Crippen LogP contribution < -0.4 is 13.9 Å². The SMILES string of the molecule is CCOc1ccccc1C1(N2CCN(c3ccncc3)CC2)C(=O)N(S(=O)(=O)c2ccc(S(C)(=O)=O)cc2)c2ccc(C#N)cc21. The zero-order valence-corrected chi connectivity index (χ0v) is 26.8. The van der Waals surface area contributed by atoms with Gasteiger partial charge in [-0.2, -0.15) is 5.26 Å². The summed E-state index contributed by atoms with van der Waals surface area (Å²) in [5.41, 5.74) is 0.483. The number of carbonyl (C=O) groups is 1. The highest BCUT2D eigenvalue weighted by Gasteiger charge is 2.60. The number of rotatable bonds is 8. The fraction of sp³-hybridized carbons (Fsp3) is 0.242. The molecule has 46 heavy (non-hydrogen) atoms. The molecule has 1 aromatic heterocycles. The van der Waals surface area contributed by atoms with Gasteiger partial charge in [-0.05, 0) is 67.6 Å². The Morgan fingerprint density at radius 3 is 2.15 bits per heavy atom. The van der Waals surface area contributed by atoms with Crippen molar-refractivity contribution in [3.63, 3.8) is 0 Å². The van der Waals surface area contributed by atoms with E-state index in [1.807, 2.05) is 24.0 Å². The minimum absolute atomic E-state index is 0.0506. The molecule has 1 amide bonds. The van der Waals surface area contributed by atoms with Gasteiger partial charge in [0.1, 0.15) is 5.75 Å². The molecule has 3 heterocycles. The molecule has 0 radical (unpaired) electrons. The van der Waals surface area contributed by atoms with Crippen molar-refractivity contribution in [1.82, 2.24) is 9.88 Å². The van der Waals surface area contributed by atoms with Gasteiger partial charge in [0.05, 0.1) is 33.7 Å². The molecule has 0 spiro atoms. The lowest BCUT2D eigenvalue weighted by Crippen LogP contribution is -2.60. The van der Waals surface area contributed by atoms with Crippen LogP contribution in [0, 0.1) is 11.3 Å². The average Bonchev–Trinajstić information content (AvgIpc) is 3.33. The van der Waals surface area contributed by atoms with E-state index >= 15 is 4.79 Å². The number of carbonyl (C=O) groups excluding carboxylic acids is 1. The zero-order chi connectivity index (χ0) is 32.7. The number of sulfonamides is 1. The molecule has 2 aliphatic rings. The van der Waals surface area contributed by atoms with Gasteiger partial charge in [0.15, 0.2) is 15.4 Å². The molecule has 0 saturated carbocycles. The molecule has 2 aliphatic heterocycles. The first-order valence-electron chi connectivity index (χ1n) is 14.6. The highest BCUT2D eigenvalue weighted by atomic mass is 32.2. The lowest BCUT2D eigenvalue weighted by molar-refractivity contribution is -0.127. The van der Waals surface area contributed by atoms with Crippen molar-refractivity contribution >= 4 is 37.1 Å². The van der Waals surface area contributed by atoms with Gasteiger partial charge in [-0.15, -0.1) is 0 Å². The fourth-order valence-corrected chi connectivity index (χ4v) is 8.37. The van der Waals surface area contributed by atoms with Crippen molar-refractivity contribution in [2.75, 3.05) is 48.2 Å². The van der Waals surface area contributed by atoms with E-state index < -0.39 is 31.3 Å². The van der Waals surface area contributed by atoms with Gasteiger partial charge in [-0.25, -0.2) is 21.1 Å². The van der Waals surface area contributed by atoms with Gasteiger partial charge >= 0.3 is 0 Å². The van der Waals surface area contributed by atoms with E-state index in [0.717, 1.165) is 16.2 Å². The largest absolute Gasteiger partial charge is 0.493 e. The van der Waals surface area contributed by atoms with E-state index in [4.69, 9.17) is 4.74 Å². The lowest BCUT2D eigenvalue weighted by Gasteiger charge is -2.46. The number of sulfone groups is 1. The smallest absolute Gasteiger partial charge is 0.271 e. The highest BCUT2D eigenvalue weighted by molar-refractivity contribution is 7.93. The topological polar surface area (TPSA) is 141 Å². The van der Waals surface area contributed by atoms with Crippen LogP contribution in [0.5, 0.6) is 5.75 Å². The van der Waals surface area contributed by atoms with Crippen LogP contribution in [0.1, 0.15) is 23.6 Å². The molecule has 3 aromatic carbocycles. The Morgan fingerprint density at radius 1 is 0.870 bits per heavy atom. The highest BCUT2D eigenvalue weighted by Crippen LogP contribution is 2.53. The van der Waals surface area contributed by atoms with Gasteiger partial charge in [0, 0.05) is 61.6 Å². The number of nitriles is 1. The number of aromatic nitrogens is 1. The van der Waals surface area contributed by atoms with E-state index in [0.29, 0.717) is 49.7 Å². The number of hydrogen-bond acceptors (Lipinski definition) is 10. The number of hydrogen-bond donors (Lipinski definition) is 0. The van der Waals surface area contributed by atoms with Crippen LogP contribution in [-0.2, 0) is 30.2 Å². The summed E-state index contributed by atoms with van der Waals surface area (Å²) in [6.45, 7) is 3.94. The summed E-state index contributed by atoms with van der Waals surface area (Å²) in [6.07, 6.45) is 4.46. The number of fused-ring (bicyclic) bond motifs is 1. The van der Waals surface area contributed by atoms with E-state index in [9.17, 15) is 22.1 Å². The molecule has 0 bridgehead atoms. The summed E-state index contributed by atoms with van der Waals surface area (Å²) in [5.74, 6) is -0.325. The van der Waals surface area contributed by atoms with Crippen molar-refractivity contribution < 1.29 is 26.4 Å². The van der Waals surface area contributed by atoms with Crippen LogP contribution in [0.25, 0.3) is 0 Å². The summed E-state index contributed by atoms with van der Waals surface area (Å²) < 4.78 is 59.8. The zero-order valence-electron chi connectivity index (χ0n) is 25.2. The fourth-order valence-electron chi connectivity index (χ4n) is 6.28. The Hall–Kier alpha value is -4.77. The van der Waals surface area contributed by atoms with Gasteiger partial charge in [0.2, 0.25) is 0 Å². The molecule has 1 atom stereocenters. The number of anilines is 2. The molecule has 236 valence electrons. The van der Waals surface area contributed by atoms with Crippen LogP contribution in [-0.4, -0.2) is 71.7 Å². The molecule has 1 saturated heterocycles. The Morgan fingerprint density at radius 2 is 1.52 bits per heavy atom. The number of nitrogens with zero attached hydrogens (tertiary/aromatic N) is 5. The predicted octanol–water partition coefficient (Wildman–Crippen LogP) is 3.56. The third-order valence-electron chi connectivity index (χ3n) is 8.38. The number of benzene rings is 3. The summed E-state index contributed by atoms with van der Waals surface area (Å²) >= 11 is 0. The average molecular weight is 658 g/mol. The van der Waals surface area contributed by atoms with Crippen molar-refractivity contribution in [2.45, 2.75) is 22.3 Å². The summed E-state index contributed by atoms with van der Waals surface area (Å²) in [7, 11) is -8.15. The molecule has 1 fully saturated rings. The number of para-hydroxylation sites is 1. The van der Waals surface area contributed by atoms with Crippen LogP contribution >= 0.6 is 0 Å². The van der Waals surface area contributed by atoms with E-state index in [-0.39, 0.29) is 21.0 Å². The Kier molecular flexibility index (Phi) is 8.05. The lowest BCUT2D eigenvalue weighted by atomic mass is 9.80. The summed E-state index contributed by atoms with van der Waals surface area (Å²) in [6, 6.07) is 22.3. The third-order valence-corrected chi connectivity index (χ3v) is 11.2. The van der Waals surface area contributed by atoms with E-state index in [1.54, 1.807) is 42.7 Å². The first-order chi connectivity index (χ1) is 22.0. The maximum atomic E-state index is 15.2. The van der Waals surface area contributed by atoms with Crippen LogP contribution in [0.4, 0.5) is 11.4 Å². The normalized spacial score (nSPS) is 18.7. The predicted molar refractivity (Wildman–Crippen MR) is 172 cm³/mol. The molecule has 11 nitrogen and oxygen atoms in total. The summed E-state index contributed by atoms with van der Waals surface area (Å²) in [4.78, 5) is 23.1. The van der Waals surface area contributed by atoms with Gasteiger partial charge in [-0.3, -0.25) is 14.7 Å². The Labute approximate surface area is 268 Å². The standard InChI is InChI=1S/C33H31N5O6S2/c1-3-44-31-7-5-4-6-28(31)33(37-20-18-36(19-21-37)25-14-16-35-17-15-25)29-22-24(23-34)8-13-30(29)38(32(33)39)46(42,43)27-11-9-26(10-12-27)45(2,40)41/h4-17,22H,3,18-21H2,1-2H3. The second-order valence-corrected chi connectivity index (χ2v) is 14.8. The van der Waals surface area contributed by atoms with Crippen LogP contribution in [0.15, 0.2) is 101 Å². The van der Waals surface area contributed by atoms with Gasteiger partial charge in [0.25, 0.3) is 15.9 Å². The van der Waals surface area contributed by atoms with Crippen molar-refractivity contribution in [3.8, 4) is 11.8 Å². The maximum absolute atomic E-state index is 15.2. The minimum atomic E-state index is -4.56. The quantitative estimate of drug-likeness (QED) is 0.276. The second-order valence-electron chi connectivity index (χ2n) is 11.0. The Balaban J connectivity index is 1.56. The molecule has 13 heteroatoms. The summed E-state index contributed by atoms with van der Waals surface area (Å²) in [5, 5.41) is 9.92. The Bertz CT molecular complexity index is 2060. The minimum Gasteiger partial charge on any atom is -0.493 e.